The van der Waals surface area contributed by atoms with E-state index in [0.29, 0.717) is 0 Å². The molecule has 5 heteroatoms. The van der Waals surface area contributed by atoms with Crippen LogP contribution in [-0.2, 0) is 11.3 Å². The van der Waals surface area contributed by atoms with E-state index >= 15 is 0 Å². The first-order chi connectivity index (χ1) is 8.79. The van der Waals surface area contributed by atoms with Gasteiger partial charge >= 0.3 is 0 Å². The van der Waals surface area contributed by atoms with Crippen molar-refractivity contribution in [2.75, 3.05) is 38.8 Å². The molecule has 2 rings (SSSR count). The van der Waals surface area contributed by atoms with Gasteiger partial charge in [0, 0.05) is 39.2 Å². The molecule has 1 saturated carbocycles. The Morgan fingerprint density at radius 2 is 2.39 bits per heavy atom. The van der Waals surface area contributed by atoms with Crippen molar-refractivity contribution in [2.24, 2.45) is 5.92 Å². The monoisotopic (exact) mass is 269 g/mol. The van der Waals surface area contributed by atoms with Gasteiger partial charge in [0.25, 0.3) is 0 Å². The highest BCUT2D eigenvalue weighted by Crippen LogP contribution is 2.29. The summed E-state index contributed by atoms with van der Waals surface area (Å²) in [6.45, 7) is 3.61. The molecule has 1 aromatic heterocycles. The van der Waals surface area contributed by atoms with Crippen LogP contribution in [0.5, 0.6) is 0 Å². The van der Waals surface area contributed by atoms with Crippen molar-refractivity contribution in [1.29, 1.82) is 0 Å². The summed E-state index contributed by atoms with van der Waals surface area (Å²) >= 11 is 1.74. The zero-order valence-corrected chi connectivity index (χ0v) is 12.1. The summed E-state index contributed by atoms with van der Waals surface area (Å²) < 4.78 is 5.00. The molecule has 18 heavy (non-hydrogen) atoms. The largest absolute Gasteiger partial charge is 0.383 e. The van der Waals surface area contributed by atoms with Crippen molar-refractivity contribution < 1.29 is 4.74 Å². The summed E-state index contributed by atoms with van der Waals surface area (Å²) in [5, 5.41) is 6.61. The van der Waals surface area contributed by atoms with E-state index in [9.17, 15) is 0 Å². The van der Waals surface area contributed by atoms with Crippen LogP contribution in [0.1, 0.15) is 25.0 Å². The zero-order chi connectivity index (χ0) is 12.8. The van der Waals surface area contributed by atoms with Crippen molar-refractivity contribution in [1.82, 2.24) is 10.3 Å². The summed E-state index contributed by atoms with van der Waals surface area (Å²) in [5.74, 6) is 0.891. The summed E-state index contributed by atoms with van der Waals surface area (Å²) in [4.78, 5) is 6.96. The van der Waals surface area contributed by atoms with Crippen molar-refractivity contribution in [3.63, 3.8) is 0 Å². The molecular weight excluding hydrogens is 246 g/mol. The highest BCUT2D eigenvalue weighted by atomic mass is 32.1. The molecule has 1 heterocycles. The third-order valence-corrected chi connectivity index (χ3v) is 4.42. The molecule has 0 spiro atoms. The lowest BCUT2D eigenvalue weighted by molar-refractivity contribution is 0.199. The van der Waals surface area contributed by atoms with Gasteiger partial charge in [-0.15, -0.1) is 11.3 Å². The van der Waals surface area contributed by atoms with Gasteiger partial charge in [-0.05, 0) is 18.8 Å². The number of hydrogen-bond acceptors (Lipinski definition) is 5. The predicted octanol–water partition coefficient (Wildman–Crippen LogP) is 2.12. The molecule has 1 fully saturated rings. The fourth-order valence-electron chi connectivity index (χ4n) is 2.08. The van der Waals surface area contributed by atoms with Crippen molar-refractivity contribution >= 4 is 16.5 Å². The highest BCUT2D eigenvalue weighted by molar-refractivity contribution is 7.13. The Morgan fingerprint density at radius 3 is 3.06 bits per heavy atom. The number of methoxy groups -OCH3 is 1. The number of anilines is 1. The summed E-state index contributed by atoms with van der Waals surface area (Å²) in [6, 6.07) is 0. The van der Waals surface area contributed by atoms with E-state index < -0.39 is 0 Å². The van der Waals surface area contributed by atoms with Crippen molar-refractivity contribution in [2.45, 2.75) is 25.8 Å². The molecule has 0 saturated heterocycles. The molecule has 0 radical (unpaired) electrons. The Bertz CT molecular complexity index is 352. The van der Waals surface area contributed by atoms with E-state index in [1.54, 1.807) is 18.4 Å². The summed E-state index contributed by atoms with van der Waals surface area (Å²) in [6.07, 6.45) is 4.19. The fourth-order valence-corrected chi connectivity index (χ4v) is 2.89. The summed E-state index contributed by atoms with van der Waals surface area (Å²) in [5.41, 5.74) is 1.13. The Kier molecular flexibility index (Phi) is 5.41. The Morgan fingerprint density at radius 1 is 1.56 bits per heavy atom. The minimum atomic E-state index is 0.749. The van der Waals surface area contributed by atoms with E-state index in [0.717, 1.165) is 43.0 Å². The van der Waals surface area contributed by atoms with E-state index in [4.69, 9.17) is 4.74 Å². The molecule has 0 aliphatic heterocycles. The molecule has 0 bridgehead atoms. The third-order valence-electron chi connectivity index (χ3n) is 3.41. The van der Waals surface area contributed by atoms with Crippen LogP contribution in [0.15, 0.2) is 5.38 Å². The molecule has 0 unspecified atom stereocenters. The number of rotatable bonds is 8. The SMILES string of the molecule is COCCNCc1csc(N(C)CC2CCC2)n1. The van der Waals surface area contributed by atoms with Crippen LogP contribution >= 0.6 is 11.3 Å². The first kappa shape index (κ1) is 13.8. The van der Waals surface area contributed by atoms with Crippen molar-refractivity contribution in [3.8, 4) is 0 Å². The Hall–Kier alpha value is -0.650. The number of thiazole rings is 1. The number of nitrogens with one attached hydrogen (secondary N) is 1. The van der Waals surface area contributed by atoms with Gasteiger partial charge < -0.3 is 15.0 Å². The van der Waals surface area contributed by atoms with Crippen LogP contribution in [0.4, 0.5) is 5.13 Å². The lowest BCUT2D eigenvalue weighted by atomic mass is 9.85. The second-order valence-electron chi connectivity index (χ2n) is 4.97. The van der Waals surface area contributed by atoms with Gasteiger partial charge in [0.1, 0.15) is 0 Å². The van der Waals surface area contributed by atoms with Crippen LogP contribution in [-0.4, -0.2) is 38.8 Å². The van der Waals surface area contributed by atoms with Gasteiger partial charge in [0.15, 0.2) is 5.13 Å². The molecule has 102 valence electrons. The third kappa shape index (κ3) is 3.93. The smallest absolute Gasteiger partial charge is 0.185 e. The minimum Gasteiger partial charge on any atom is -0.383 e. The maximum atomic E-state index is 5.00. The average molecular weight is 269 g/mol. The minimum absolute atomic E-state index is 0.749. The molecular formula is C13H23N3OS. The molecule has 1 N–H and O–H groups in total. The average Bonchev–Trinajstić information content (AvgIpc) is 2.78. The van der Waals surface area contributed by atoms with Crippen LogP contribution in [0.25, 0.3) is 0 Å². The van der Waals surface area contributed by atoms with E-state index in [2.05, 4.69) is 27.6 Å². The molecule has 1 aliphatic rings. The van der Waals surface area contributed by atoms with Gasteiger partial charge in [-0.1, -0.05) is 6.42 Å². The summed E-state index contributed by atoms with van der Waals surface area (Å²) in [7, 11) is 3.87. The molecule has 0 aromatic carbocycles. The normalized spacial score (nSPS) is 15.7. The van der Waals surface area contributed by atoms with E-state index in [1.807, 2.05) is 0 Å². The van der Waals surface area contributed by atoms with E-state index in [-0.39, 0.29) is 0 Å². The first-order valence-corrected chi connectivity index (χ1v) is 7.52. The molecule has 1 aliphatic carbocycles. The standard InChI is InChI=1S/C13H23N3OS/c1-16(9-11-4-3-5-11)13-15-12(10-18-13)8-14-6-7-17-2/h10-11,14H,3-9H2,1-2H3. The van der Waals surface area contributed by atoms with E-state index in [1.165, 1.54) is 19.3 Å². The lowest BCUT2D eigenvalue weighted by Gasteiger charge is -2.29. The number of nitrogens with zero attached hydrogens (tertiary/aromatic N) is 2. The topological polar surface area (TPSA) is 37.4 Å². The molecule has 0 amide bonds. The molecule has 4 nitrogen and oxygen atoms in total. The van der Waals surface area contributed by atoms with Crippen LogP contribution in [0.2, 0.25) is 0 Å². The van der Waals surface area contributed by atoms with Gasteiger partial charge in [-0.3, -0.25) is 0 Å². The second-order valence-corrected chi connectivity index (χ2v) is 5.80. The fraction of sp³-hybridized carbons (Fsp3) is 0.769. The molecule has 0 atom stereocenters. The maximum Gasteiger partial charge on any atom is 0.185 e. The zero-order valence-electron chi connectivity index (χ0n) is 11.3. The van der Waals surface area contributed by atoms with Crippen LogP contribution in [0.3, 0.4) is 0 Å². The molecule has 1 aromatic rings. The van der Waals surface area contributed by atoms with Gasteiger partial charge in [-0.2, -0.15) is 0 Å². The second kappa shape index (κ2) is 7.07. The van der Waals surface area contributed by atoms with Crippen molar-refractivity contribution in [3.05, 3.63) is 11.1 Å². The number of ether oxygens (including phenoxy) is 1. The van der Waals surface area contributed by atoms with Gasteiger partial charge in [0.2, 0.25) is 0 Å². The van der Waals surface area contributed by atoms with Crippen LogP contribution < -0.4 is 10.2 Å². The predicted molar refractivity (Wildman–Crippen MR) is 76.3 cm³/mol. The Labute approximate surface area is 113 Å². The first-order valence-electron chi connectivity index (χ1n) is 6.65. The highest BCUT2D eigenvalue weighted by Gasteiger charge is 2.20. The Balaban J connectivity index is 1.73. The lowest BCUT2D eigenvalue weighted by Crippen LogP contribution is -2.29. The number of aromatic nitrogens is 1. The van der Waals surface area contributed by atoms with Gasteiger partial charge in [-0.25, -0.2) is 4.98 Å². The maximum absolute atomic E-state index is 5.00. The van der Waals surface area contributed by atoms with Gasteiger partial charge in [0.05, 0.1) is 12.3 Å². The number of hydrogen-bond donors (Lipinski definition) is 1. The van der Waals surface area contributed by atoms with Crippen LogP contribution in [0, 0.1) is 5.92 Å². The quantitative estimate of drug-likeness (QED) is 0.734.